The lowest BCUT2D eigenvalue weighted by Crippen LogP contribution is -2.32. The van der Waals surface area contributed by atoms with Crippen molar-refractivity contribution in [1.29, 1.82) is 0 Å². The van der Waals surface area contributed by atoms with Crippen LogP contribution in [0.25, 0.3) is 0 Å². The molecule has 0 saturated heterocycles. The van der Waals surface area contributed by atoms with E-state index in [-0.39, 0.29) is 11.4 Å². The van der Waals surface area contributed by atoms with Crippen molar-refractivity contribution in [2.24, 2.45) is 5.10 Å². The van der Waals surface area contributed by atoms with Crippen molar-refractivity contribution in [2.45, 2.75) is 6.18 Å². The van der Waals surface area contributed by atoms with Gasteiger partial charge in [0.1, 0.15) is 11.5 Å². The largest absolute Gasteiger partial charge is 0.497 e. The number of hydrogen-bond donors (Lipinski definition) is 3. The highest BCUT2D eigenvalue weighted by atomic mass is 19.4. The molecule has 0 aliphatic carbocycles. The first-order valence-electron chi connectivity index (χ1n) is 10.6. The first kappa shape index (κ1) is 26.7. The van der Waals surface area contributed by atoms with Crippen LogP contribution in [-0.2, 0) is 20.6 Å². The van der Waals surface area contributed by atoms with Gasteiger partial charge in [-0.25, -0.2) is 5.43 Å². The van der Waals surface area contributed by atoms with Crippen molar-refractivity contribution in [2.75, 3.05) is 24.4 Å². The Labute approximate surface area is 209 Å². The van der Waals surface area contributed by atoms with Gasteiger partial charge >= 0.3 is 18.0 Å². The molecular weight excluding hydrogens is 493 g/mol. The van der Waals surface area contributed by atoms with Crippen molar-refractivity contribution in [3.63, 3.8) is 0 Å². The van der Waals surface area contributed by atoms with Gasteiger partial charge in [0.2, 0.25) is 0 Å². The molecule has 0 radical (unpaired) electrons. The fourth-order valence-electron chi connectivity index (χ4n) is 2.91. The van der Waals surface area contributed by atoms with Crippen molar-refractivity contribution in [1.82, 2.24) is 5.43 Å². The quantitative estimate of drug-likeness (QED) is 0.240. The van der Waals surface area contributed by atoms with Crippen LogP contribution in [0.4, 0.5) is 24.5 Å². The number of nitrogens with one attached hydrogen (secondary N) is 3. The Hall–Kier alpha value is -4.87. The summed E-state index contributed by atoms with van der Waals surface area (Å²) in [5.41, 5.74) is 1.90. The number of ether oxygens (including phenoxy) is 2. The Morgan fingerprint density at radius 2 is 1.62 bits per heavy atom. The fraction of sp³-hybridized carbons (Fsp3) is 0.120. The zero-order chi connectivity index (χ0) is 26.8. The molecule has 3 N–H and O–H groups in total. The summed E-state index contributed by atoms with van der Waals surface area (Å²) in [4.78, 5) is 36.2. The van der Waals surface area contributed by atoms with E-state index >= 15 is 0 Å². The number of amides is 3. The van der Waals surface area contributed by atoms with E-state index in [0.29, 0.717) is 17.0 Å². The van der Waals surface area contributed by atoms with Gasteiger partial charge in [0, 0.05) is 16.9 Å². The molecule has 37 heavy (non-hydrogen) atoms. The van der Waals surface area contributed by atoms with Gasteiger partial charge in [-0.2, -0.15) is 18.3 Å². The van der Waals surface area contributed by atoms with Crippen LogP contribution in [0.15, 0.2) is 77.9 Å². The van der Waals surface area contributed by atoms with E-state index in [0.717, 1.165) is 12.1 Å². The third kappa shape index (κ3) is 8.09. The van der Waals surface area contributed by atoms with Crippen LogP contribution in [0, 0.1) is 0 Å². The number of methoxy groups -OCH3 is 1. The zero-order valence-corrected chi connectivity index (χ0v) is 19.3. The second-order valence-electron chi connectivity index (χ2n) is 7.33. The molecule has 0 aliphatic rings. The average Bonchev–Trinajstić information content (AvgIpc) is 2.88. The molecule has 9 nitrogen and oxygen atoms in total. The number of alkyl halides is 3. The normalized spacial score (nSPS) is 11.0. The molecule has 3 amide bonds. The van der Waals surface area contributed by atoms with E-state index in [4.69, 9.17) is 9.47 Å². The molecule has 0 spiro atoms. The minimum absolute atomic E-state index is 0.0334. The molecule has 0 bridgehead atoms. The first-order valence-corrected chi connectivity index (χ1v) is 10.6. The molecule has 0 unspecified atom stereocenters. The Balaban J connectivity index is 1.53. The number of benzene rings is 3. The maximum absolute atomic E-state index is 12.8. The second-order valence-corrected chi connectivity index (χ2v) is 7.33. The van der Waals surface area contributed by atoms with E-state index in [1.54, 1.807) is 42.5 Å². The number of rotatable bonds is 8. The summed E-state index contributed by atoms with van der Waals surface area (Å²) in [6.45, 7) is -0.502. The zero-order valence-electron chi connectivity index (χ0n) is 19.3. The highest BCUT2D eigenvalue weighted by Crippen LogP contribution is 2.30. The minimum Gasteiger partial charge on any atom is -0.497 e. The molecule has 0 aromatic heterocycles. The summed E-state index contributed by atoms with van der Waals surface area (Å²) in [6, 6.07) is 16.9. The molecule has 12 heteroatoms. The van der Waals surface area contributed by atoms with Crippen LogP contribution in [0.2, 0.25) is 0 Å². The smallest absolute Gasteiger partial charge is 0.416 e. The standard InChI is InChI=1S/C25H21F3N4O5/c1-36-20-11-9-18(10-12-20)31-23(34)24(35)32-29-14-16-5-2-3-8-21(16)37-15-22(33)30-19-7-4-6-17(13-19)25(26,27)28/h2-14H,15H2,1H3,(H,30,33)(H,31,34)(H,32,35)/b29-14-. The van der Waals surface area contributed by atoms with E-state index in [2.05, 4.69) is 21.2 Å². The lowest BCUT2D eigenvalue weighted by Gasteiger charge is -2.11. The molecule has 192 valence electrons. The van der Waals surface area contributed by atoms with E-state index in [1.807, 2.05) is 0 Å². The van der Waals surface area contributed by atoms with Gasteiger partial charge in [-0.3, -0.25) is 14.4 Å². The van der Waals surface area contributed by atoms with Gasteiger partial charge < -0.3 is 20.1 Å². The summed E-state index contributed by atoms with van der Waals surface area (Å²) in [7, 11) is 1.50. The summed E-state index contributed by atoms with van der Waals surface area (Å²) in [5, 5.41) is 8.47. The van der Waals surface area contributed by atoms with Gasteiger partial charge in [-0.1, -0.05) is 18.2 Å². The van der Waals surface area contributed by atoms with Crippen LogP contribution in [0.1, 0.15) is 11.1 Å². The Kier molecular flexibility index (Phi) is 8.81. The van der Waals surface area contributed by atoms with Crippen molar-refractivity contribution < 1.29 is 37.0 Å². The fourth-order valence-corrected chi connectivity index (χ4v) is 2.91. The van der Waals surface area contributed by atoms with Crippen molar-refractivity contribution >= 4 is 35.3 Å². The lowest BCUT2D eigenvalue weighted by atomic mass is 10.2. The number of anilines is 2. The van der Waals surface area contributed by atoms with Crippen molar-refractivity contribution in [3.8, 4) is 11.5 Å². The van der Waals surface area contributed by atoms with Gasteiger partial charge in [-0.15, -0.1) is 0 Å². The van der Waals surface area contributed by atoms with Gasteiger partial charge in [0.05, 0.1) is 18.9 Å². The Bertz CT molecular complexity index is 1290. The van der Waals surface area contributed by atoms with Crippen molar-refractivity contribution in [3.05, 3.63) is 83.9 Å². The highest BCUT2D eigenvalue weighted by Gasteiger charge is 2.30. The molecule has 3 aromatic carbocycles. The molecular formula is C25H21F3N4O5. The molecule has 3 aromatic rings. The number of halogens is 3. The summed E-state index contributed by atoms with van der Waals surface area (Å²) >= 11 is 0. The Morgan fingerprint density at radius 1 is 0.892 bits per heavy atom. The van der Waals surface area contributed by atoms with E-state index < -0.39 is 36.1 Å². The Morgan fingerprint density at radius 3 is 2.32 bits per heavy atom. The number of para-hydroxylation sites is 1. The topological polar surface area (TPSA) is 118 Å². The third-order valence-electron chi connectivity index (χ3n) is 4.68. The maximum atomic E-state index is 12.8. The van der Waals surface area contributed by atoms with Gasteiger partial charge in [0.15, 0.2) is 6.61 Å². The number of carbonyl (C=O) groups excluding carboxylic acids is 3. The molecule has 3 rings (SSSR count). The number of hydrogen-bond acceptors (Lipinski definition) is 6. The van der Waals surface area contributed by atoms with E-state index in [1.165, 1.54) is 31.5 Å². The van der Waals surface area contributed by atoms with Crippen LogP contribution in [0.5, 0.6) is 11.5 Å². The molecule has 0 saturated carbocycles. The minimum atomic E-state index is -4.54. The second kappa shape index (κ2) is 12.2. The number of nitrogens with zero attached hydrogens (tertiary/aromatic N) is 1. The van der Waals surface area contributed by atoms with Gasteiger partial charge in [0.25, 0.3) is 5.91 Å². The van der Waals surface area contributed by atoms with Gasteiger partial charge in [-0.05, 0) is 54.6 Å². The average molecular weight is 514 g/mol. The summed E-state index contributed by atoms with van der Waals surface area (Å²) in [6.07, 6.45) is -3.33. The monoisotopic (exact) mass is 514 g/mol. The molecule has 0 atom stereocenters. The van der Waals surface area contributed by atoms with Crippen LogP contribution < -0.4 is 25.5 Å². The summed E-state index contributed by atoms with van der Waals surface area (Å²) in [5.74, 6) is -1.86. The van der Waals surface area contributed by atoms with Crippen LogP contribution in [0.3, 0.4) is 0 Å². The molecule has 0 fully saturated rings. The highest BCUT2D eigenvalue weighted by molar-refractivity contribution is 6.39. The predicted octanol–water partition coefficient (Wildman–Crippen LogP) is 3.82. The summed E-state index contributed by atoms with van der Waals surface area (Å²) < 4.78 is 49.0. The molecule has 0 aliphatic heterocycles. The van der Waals surface area contributed by atoms with E-state index in [9.17, 15) is 27.6 Å². The number of hydrazone groups is 1. The van der Waals surface area contributed by atoms with Crippen LogP contribution in [-0.4, -0.2) is 37.7 Å². The SMILES string of the molecule is COc1ccc(NC(=O)C(=O)N/N=C\c2ccccc2OCC(=O)Nc2cccc(C(F)(F)F)c2)cc1. The third-order valence-corrected chi connectivity index (χ3v) is 4.68. The number of carbonyl (C=O) groups is 3. The first-order chi connectivity index (χ1) is 17.7. The molecule has 0 heterocycles. The predicted molar refractivity (Wildman–Crippen MR) is 129 cm³/mol. The maximum Gasteiger partial charge on any atom is 0.416 e. The lowest BCUT2D eigenvalue weighted by molar-refractivity contribution is -0.137. The van der Waals surface area contributed by atoms with Crippen LogP contribution >= 0.6 is 0 Å².